The van der Waals surface area contributed by atoms with Crippen molar-refractivity contribution >= 4 is 6.03 Å². The van der Waals surface area contributed by atoms with Crippen LogP contribution in [0.5, 0.6) is 0 Å². The zero-order chi connectivity index (χ0) is 15.2. The maximum atomic E-state index is 12.7. The van der Waals surface area contributed by atoms with E-state index in [1.165, 1.54) is 30.1 Å². The monoisotopic (exact) mass is 300 g/mol. The molecule has 21 heavy (non-hydrogen) atoms. The van der Waals surface area contributed by atoms with Gasteiger partial charge in [-0.1, -0.05) is 25.7 Å². The van der Waals surface area contributed by atoms with Gasteiger partial charge in [-0.3, -0.25) is 4.57 Å². The molecule has 7 heteroatoms. The van der Waals surface area contributed by atoms with Crippen molar-refractivity contribution in [1.82, 2.24) is 19.8 Å². The van der Waals surface area contributed by atoms with E-state index >= 15 is 0 Å². The summed E-state index contributed by atoms with van der Waals surface area (Å²) in [6.45, 7) is -2.57. The molecule has 2 rings (SSSR count). The number of halogens is 2. The molecule has 1 fully saturated rings. The highest BCUT2D eigenvalue weighted by atomic mass is 19.3. The molecule has 5 nitrogen and oxygen atoms in total. The molecule has 0 bridgehead atoms. The van der Waals surface area contributed by atoms with Gasteiger partial charge < -0.3 is 10.2 Å². The maximum Gasteiger partial charge on any atom is 0.319 e. The van der Waals surface area contributed by atoms with Crippen LogP contribution in [-0.4, -0.2) is 33.6 Å². The molecule has 0 spiro atoms. The Bertz CT molecular complexity index is 456. The number of nitrogens with one attached hydrogen (secondary N) is 1. The van der Waals surface area contributed by atoms with E-state index in [0.29, 0.717) is 0 Å². The summed E-state index contributed by atoms with van der Waals surface area (Å²) in [5.41, 5.74) is 0. The van der Waals surface area contributed by atoms with Crippen molar-refractivity contribution < 1.29 is 13.6 Å². The number of nitrogens with zero attached hydrogens (tertiary/aromatic N) is 3. The van der Waals surface area contributed by atoms with Gasteiger partial charge in [0.25, 0.3) is 0 Å². The Kier molecular flexibility index (Phi) is 5.52. The van der Waals surface area contributed by atoms with E-state index in [9.17, 15) is 13.6 Å². The second-order valence-electron chi connectivity index (χ2n) is 5.52. The highest BCUT2D eigenvalue weighted by Crippen LogP contribution is 2.18. The van der Waals surface area contributed by atoms with Crippen LogP contribution in [0.4, 0.5) is 13.6 Å². The summed E-state index contributed by atoms with van der Waals surface area (Å²) in [5.74, 6) is 0.184. The molecule has 0 saturated heterocycles. The first kappa shape index (κ1) is 15.7. The van der Waals surface area contributed by atoms with Crippen molar-refractivity contribution in [3.05, 3.63) is 18.2 Å². The quantitative estimate of drug-likeness (QED) is 0.868. The van der Waals surface area contributed by atoms with Crippen LogP contribution in [0.2, 0.25) is 0 Å². The smallest absolute Gasteiger partial charge is 0.319 e. The van der Waals surface area contributed by atoms with E-state index in [1.807, 2.05) is 0 Å². The maximum absolute atomic E-state index is 12.7. The fraction of sp³-hybridized carbons (Fsp3) is 0.714. The van der Waals surface area contributed by atoms with Crippen molar-refractivity contribution in [1.29, 1.82) is 0 Å². The lowest BCUT2D eigenvalue weighted by atomic mass is 10.1. The molecule has 1 aliphatic carbocycles. The van der Waals surface area contributed by atoms with Gasteiger partial charge in [-0.2, -0.15) is 8.78 Å². The Labute approximate surface area is 123 Å². The number of carbonyl (C=O) groups excluding carboxylic acids is 1. The SMILES string of the molecule is CN(Cc1nccn1C(F)F)C(=O)NC1CCCCCC1. The first-order valence-electron chi connectivity index (χ1n) is 7.39. The third-order valence-corrected chi connectivity index (χ3v) is 3.87. The average Bonchev–Trinajstić information content (AvgIpc) is 2.75. The number of aromatic nitrogens is 2. The van der Waals surface area contributed by atoms with Gasteiger partial charge in [0.05, 0.1) is 6.54 Å². The first-order chi connectivity index (χ1) is 10.1. The molecule has 1 aromatic rings. The van der Waals surface area contributed by atoms with E-state index in [0.717, 1.165) is 30.3 Å². The fourth-order valence-corrected chi connectivity index (χ4v) is 2.64. The van der Waals surface area contributed by atoms with Crippen molar-refractivity contribution in [3.8, 4) is 0 Å². The van der Waals surface area contributed by atoms with E-state index in [2.05, 4.69) is 10.3 Å². The van der Waals surface area contributed by atoms with Crippen molar-refractivity contribution in [3.63, 3.8) is 0 Å². The highest BCUT2D eigenvalue weighted by molar-refractivity contribution is 5.74. The van der Waals surface area contributed by atoms with Gasteiger partial charge in [-0.15, -0.1) is 0 Å². The van der Waals surface area contributed by atoms with Gasteiger partial charge in [-0.05, 0) is 12.8 Å². The van der Waals surface area contributed by atoms with E-state index in [-0.39, 0.29) is 24.4 Å². The lowest BCUT2D eigenvalue weighted by Gasteiger charge is -2.22. The number of alkyl halides is 2. The number of rotatable bonds is 4. The van der Waals surface area contributed by atoms with Crippen LogP contribution < -0.4 is 5.32 Å². The van der Waals surface area contributed by atoms with Gasteiger partial charge in [0.1, 0.15) is 5.82 Å². The number of amides is 2. The summed E-state index contributed by atoms with van der Waals surface area (Å²) in [6, 6.07) is -0.0389. The molecular weight excluding hydrogens is 278 g/mol. The van der Waals surface area contributed by atoms with E-state index in [4.69, 9.17) is 0 Å². The van der Waals surface area contributed by atoms with Gasteiger partial charge in [0, 0.05) is 25.5 Å². The Morgan fingerprint density at radius 3 is 2.71 bits per heavy atom. The summed E-state index contributed by atoms with van der Waals surface area (Å²) < 4.78 is 26.2. The van der Waals surface area contributed by atoms with Crippen LogP contribution in [0.1, 0.15) is 50.9 Å². The highest BCUT2D eigenvalue weighted by Gasteiger charge is 2.19. The molecule has 0 unspecified atom stereocenters. The number of hydrogen-bond donors (Lipinski definition) is 1. The van der Waals surface area contributed by atoms with E-state index in [1.54, 1.807) is 7.05 Å². The molecule has 1 heterocycles. The zero-order valence-corrected chi connectivity index (χ0v) is 12.3. The van der Waals surface area contributed by atoms with Crippen molar-refractivity contribution in [2.45, 2.75) is 57.7 Å². The summed E-state index contributed by atoms with van der Waals surface area (Å²) in [4.78, 5) is 17.4. The number of hydrogen-bond acceptors (Lipinski definition) is 2. The topological polar surface area (TPSA) is 50.2 Å². The van der Waals surface area contributed by atoms with Crippen LogP contribution in [0.3, 0.4) is 0 Å². The fourth-order valence-electron chi connectivity index (χ4n) is 2.64. The second kappa shape index (κ2) is 7.38. The van der Waals surface area contributed by atoms with Crippen LogP contribution in [-0.2, 0) is 6.54 Å². The van der Waals surface area contributed by atoms with Gasteiger partial charge >= 0.3 is 12.6 Å². The van der Waals surface area contributed by atoms with Gasteiger partial charge in [0.15, 0.2) is 0 Å². The molecule has 1 saturated carbocycles. The summed E-state index contributed by atoms with van der Waals surface area (Å²) in [6.07, 6.45) is 9.21. The first-order valence-corrected chi connectivity index (χ1v) is 7.39. The zero-order valence-electron chi connectivity index (χ0n) is 12.3. The van der Waals surface area contributed by atoms with Crippen molar-refractivity contribution in [2.75, 3.05) is 7.05 Å². The van der Waals surface area contributed by atoms with Crippen LogP contribution in [0.15, 0.2) is 12.4 Å². The minimum Gasteiger partial charge on any atom is -0.335 e. The average molecular weight is 300 g/mol. The molecule has 0 radical (unpaired) electrons. The molecule has 0 atom stereocenters. The number of urea groups is 1. The Hall–Kier alpha value is -1.66. The molecular formula is C14H22F2N4O. The van der Waals surface area contributed by atoms with Gasteiger partial charge in [0.2, 0.25) is 0 Å². The third kappa shape index (κ3) is 4.41. The third-order valence-electron chi connectivity index (χ3n) is 3.87. The minimum absolute atomic E-state index is 0.0654. The lowest BCUT2D eigenvalue weighted by molar-refractivity contribution is 0.0650. The minimum atomic E-state index is -2.64. The number of carbonyl (C=O) groups is 1. The summed E-state index contributed by atoms with van der Waals surface area (Å²) >= 11 is 0. The predicted molar refractivity (Wildman–Crippen MR) is 75.0 cm³/mol. The Morgan fingerprint density at radius 2 is 2.10 bits per heavy atom. The summed E-state index contributed by atoms with van der Waals surface area (Å²) in [5, 5.41) is 2.98. The summed E-state index contributed by atoms with van der Waals surface area (Å²) in [7, 11) is 1.59. The normalized spacial score (nSPS) is 16.8. The Morgan fingerprint density at radius 1 is 1.43 bits per heavy atom. The molecule has 118 valence electrons. The largest absolute Gasteiger partial charge is 0.335 e. The Balaban J connectivity index is 1.88. The standard InChI is InChI=1S/C14H22F2N4O/c1-19(10-12-17-8-9-20(12)13(15)16)14(21)18-11-6-4-2-3-5-7-11/h8-9,11,13H,2-7,10H2,1H3,(H,18,21). The van der Waals surface area contributed by atoms with Crippen LogP contribution in [0.25, 0.3) is 0 Å². The molecule has 0 aromatic carbocycles. The molecule has 1 aliphatic rings. The van der Waals surface area contributed by atoms with Gasteiger partial charge in [-0.25, -0.2) is 9.78 Å². The lowest BCUT2D eigenvalue weighted by Crippen LogP contribution is -2.42. The van der Waals surface area contributed by atoms with Crippen molar-refractivity contribution in [2.24, 2.45) is 0 Å². The number of imidazole rings is 1. The van der Waals surface area contributed by atoms with E-state index < -0.39 is 6.55 Å². The second-order valence-corrected chi connectivity index (χ2v) is 5.52. The molecule has 2 amide bonds. The van der Waals surface area contributed by atoms with Crippen LogP contribution in [0, 0.1) is 0 Å². The molecule has 0 aliphatic heterocycles. The molecule has 1 aromatic heterocycles. The van der Waals surface area contributed by atoms with Crippen LogP contribution >= 0.6 is 0 Å². The molecule has 1 N–H and O–H groups in total. The predicted octanol–water partition coefficient (Wildman–Crippen LogP) is 3.14.